The van der Waals surface area contributed by atoms with Gasteiger partial charge in [0.25, 0.3) is 0 Å². The van der Waals surface area contributed by atoms with Gasteiger partial charge in [0, 0.05) is 0 Å². The van der Waals surface area contributed by atoms with Crippen LogP contribution in [0.1, 0.15) is 11.3 Å². The van der Waals surface area contributed by atoms with Gasteiger partial charge in [0.15, 0.2) is 5.69 Å². The lowest BCUT2D eigenvalue weighted by atomic mass is 10.2. The molecule has 2 heterocycles. The van der Waals surface area contributed by atoms with Crippen LogP contribution in [0.5, 0.6) is 0 Å². The van der Waals surface area contributed by atoms with E-state index >= 15 is 0 Å². The van der Waals surface area contributed by atoms with E-state index in [4.69, 9.17) is 5.26 Å². The Labute approximate surface area is 114 Å². The zero-order valence-electron chi connectivity index (χ0n) is 10.2. The van der Waals surface area contributed by atoms with Crippen molar-refractivity contribution in [1.82, 2.24) is 15.0 Å². The summed E-state index contributed by atoms with van der Waals surface area (Å²) in [5, 5.41) is 19.2. The molecule has 92 valence electrons. The van der Waals surface area contributed by atoms with Gasteiger partial charge in [-0.2, -0.15) is 5.26 Å². The molecule has 5 heteroatoms. The molecule has 4 nitrogen and oxygen atoms in total. The molecule has 0 spiro atoms. The summed E-state index contributed by atoms with van der Waals surface area (Å²) in [6, 6.07) is 14.0. The summed E-state index contributed by atoms with van der Waals surface area (Å²) >= 11 is 1.57. The lowest BCUT2D eigenvalue weighted by Crippen LogP contribution is -1.98. The summed E-state index contributed by atoms with van der Waals surface area (Å²) < 4.78 is 1.71. The zero-order valence-corrected chi connectivity index (χ0v) is 11.1. The van der Waals surface area contributed by atoms with Gasteiger partial charge in [0.2, 0.25) is 0 Å². The molecule has 0 radical (unpaired) electrons. The molecule has 1 aromatic carbocycles. The largest absolute Gasteiger partial charge is 0.211 e. The van der Waals surface area contributed by atoms with Crippen LogP contribution in [0.25, 0.3) is 16.3 Å². The lowest BCUT2D eigenvalue weighted by molar-refractivity contribution is 0.807. The predicted octanol–water partition coefficient (Wildman–Crippen LogP) is 3.18. The van der Waals surface area contributed by atoms with Crippen LogP contribution in [0, 0.1) is 18.3 Å². The molecule has 0 N–H and O–H groups in total. The zero-order chi connectivity index (χ0) is 13.2. The van der Waals surface area contributed by atoms with Crippen molar-refractivity contribution in [2.45, 2.75) is 6.92 Å². The second-order valence-electron chi connectivity index (χ2n) is 4.12. The van der Waals surface area contributed by atoms with Crippen molar-refractivity contribution in [2.24, 2.45) is 0 Å². The van der Waals surface area contributed by atoms with Crippen molar-refractivity contribution in [3.8, 4) is 22.3 Å². The molecule has 3 aromatic rings. The normalized spacial score (nSPS) is 10.3. The molecule has 0 aliphatic heterocycles. The van der Waals surface area contributed by atoms with Crippen LogP contribution in [0.4, 0.5) is 0 Å². The summed E-state index contributed by atoms with van der Waals surface area (Å²) in [6.07, 6.45) is 0. The monoisotopic (exact) mass is 266 g/mol. The minimum absolute atomic E-state index is 0.350. The van der Waals surface area contributed by atoms with Crippen LogP contribution in [0.3, 0.4) is 0 Å². The molecule has 19 heavy (non-hydrogen) atoms. The Hall–Kier alpha value is -2.45. The molecule has 0 saturated carbocycles. The first-order valence-corrected chi connectivity index (χ1v) is 6.64. The molecule has 0 unspecified atom stereocenters. The highest BCUT2D eigenvalue weighted by Crippen LogP contribution is 2.28. The van der Waals surface area contributed by atoms with E-state index < -0.39 is 0 Å². The van der Waals surface area contributed by atoms with E-state index in [-0.39, 0.29) is 0 Å². The van der Waals surface area contributed by atoms with Gasteiger partial charge in [-0.25, -0.2) is 4.68 Å². The second kappa shape index (κ2) is 4.67. The molecular weight excluding hydrogens is 256 g/mol. The number of hydrogen-bond donors (Lipinski definition) is 0. The van der Waals surface area contributed by atoms with Gasteiger partial charge in [-0.3, -0.25) is 0 Å². The standard InChI is InChI=1S/C14H10N4S/c1-10-4-6-11(7-5-10)18-14(12(9-15)16-17-18)13-3-2-8-19-13/h2-8H,1H3. The fourth-order valence-electron chi connectivity index (χ4n) is 1.86. The van der Waals surface area contributed by atoms with Crippen molar-refractivity contribution in [2.75, 3.05) is 0 Å². The maximum absolute atomic E-state index is 9.16. The quantitative estimate of drug-likeness (QED) is 0.715. The summed E-state index contributed by atoms with van der Waals surface area (Å²) in [6.45, 7) is 2.03. The number of nitrogens with zero attached hydrogens (tertiary/aromatic N) is 4. The third kappa shape index (κ3) is 2.02. The Morgan fingerprint density at radius 2 is 2.00 bits per heavy atom. The molecular formula is C14H10N4S. The van der Waals surface area contributed by atoms with Crippen molar-refractivity contribution in [1.29, 1.82) is 5.26 Å². The summed E-state index contributed by atoms with van der Waals surface area (Å²) in [5.74, 6) is 0. The van der Waals surface area contributed by atoms with Gasteiger partial charge in [0.1, 0.15) is 11.8 Å². The number of benzene rings is 1. The Bertz CT molecular complexity index is 733. The van der Waals surface area contributed by atoms with Crippen LogP contribution < -0.4 is 0 Å². The number of thiophene rings is 1. The maximum Gasteiger partial charge on any atom is 0.191 e. The van der Waals surface area contributed by atoms with Crippen molar-refractivity contribution >= 4 is 11.3 Å². The molecule has 3 rings (SSSR count). The smallest absolute Gasteiger partial charge is 0.191 e. The Morgan fingerprint density at radius 3 is 2.63 bits per heavy atom. The summed E-state index contributed by atoms with van der Waals surface area (Å²) in [5.41, 5.74) is 3.19. The molecule has 0 saturated heterocycles. The van der Waals surface area contributed by atoms with Crippen LogP contribution in [-0.2, 0) is 0 Å². The third-order valence-corrected chi connectivity index (χ3v) is 3.69. The van der Waals surface area contributed by atoms with Gasteiger partial charge >= 0.3 is 0 Å². The molecule has 0 aliphatic rings. The summed E-state index contributed by atoms with van der Waals surface area (Å²) in [4.78, 5) is 0.988. The molecule has 2 aromatic heterocycles. The van der Waals surface area contributed by atoms with E-state index in [1.54, 1.807) is 16.0 Å². The first kappa shape index (κ1) is 11.6. The van der Waals surface area contributed by atoms with Crippen molar-refractivity contribution in [3.05, 3.63) is 53.0 Å². The van der Waals surface area contributed by atoms with Crippen LogP contribution in [-0.4, -0.2) is 15.0 Å². The van der Waals surface area contributed by atoms with Crippen LogP contribution >= 0.6 is 11.3 Å². The van der Waals surface area contributed by atoms with Gasteiger partial charge in [-0.05, 0) is 30.5 Å². The SMILES string of the molecule is Cc1ccc(-n2nnc(C#N)c2-c2cccs2)cc1. The lowest BCUT2D eigenvalue weighted by Gasteiger charge is -2.05. The number of aryl methyl sites for hydroxylation is 1. The number of rotatable bonds is 2. The van der Waals surface area contributed by atoms with Gasteiger partial charge in [-0.1, -0.05) is 29.0 Å². The van der Waals surface area contributed by atoms with Crippen molar-refractivity contribution in [3.63, 3.8) is 0 Å². The Morgan fingerprint density at radius 1 is 1.21 bits per heavy atom. The first-order valence-electron chi connectivity index (χ1n) is 5.76. The van der Waals surface area contributed by atoms with E-state index in [0.29, 0.717) is 5.69 Å². The topological polar surface area (TPSA) is 54.5 Å². The number of nitriles is 1. The highest BCUT2D eigenvalue weighted by atomic mass is 32.1. The van der Waals surface area contributed by atoms with E-state index in [2.05, 4.69) is 16.4 Å². The average Bonchev–Trinajstić information content (AvgIpc) is 3.07. The van der Waals surface area contributed by atoms with E-state index in [1.807, 2.05) is 48.7 Å². The van der Waals surface area contributed by atoms with Crippen molar-refractivity contribution < 1.29 is 0 Å². The molecule has 0 atom stereocenters. The predicted molar refractivity (Wildman–Crippen MR) is 74.1 cm³/mol. The van der Waals surface area contributed by atoms with Crippen LogP contribution in [0.15, 0.2) is 41.8 Å². The molecule has 0 bridgehead atoms. The highest BCUT2D eigenvalue weighted by molar-refractivity contribution is 7.13. The Balaban J connectivity index is 2.20. The second-order valence-corrected chi connectivity index (χ2v) is 5.07. The first-order chi connectivity index (χ1) is 9.29. The van der Waals surface area contributed by atoms with Gasteiger partial charge in [0.05, 0.1) is 10.6 Å². The molecule has 0 fully saturated rings. The van der Waals surface area contributed by atoms with E-state index in [1.165, 1.54) is 5.56 Å². The Kier molecular flexibility index (Phi) is 2.86. The van der Waals surface area contributed by atoms with E-state index in [0.717, 1.165) is 16.3 Å². The minimum atomic E-state index is 0.350. The molecule has 0 amide bonds. The maximum atomic E-state index is 9.16. The average molecular weight is 266 g/mol. The van der Waals surface area contributed by atoms with Gasteiger partial charge < -0.3 is 0 Å². The summed E-state index contributed by atoms with van der Waals surface area (Å²) in [7, 11) is 0. The minimum Gasteiger partial charge on any atom is -0.211 e. The highest BCUT2D eigenvalue weighted by Gasteiger charge is 2.16. The third-order valence-electron chi connectivity index (χ3n) is 2.81. The fraction of sp³-hybridized carbons (Fsp3) is 0.0714. The number of hydrogen-bond acceptors (Lipinski definition) is 4. The fourth-order valence-corrected chi connectivity index (χ4v) is 2.61. The molecule has 0 aliphatic carbocycles. The van der Waals surface area contributed by atoms with Gasteiger partial charge in [-0.15, -0.1) is 16.4 Å². The van der Waals surface area contributed by atoms with Crippen LogP contribution in [0.2, 0.25) is 0 Å². The van der Waals surface area contributed by atoms with E-state index in [9.17, 15) is 0 Å². The number of aromatic nitrogens is 3.